The van der Waals surface area contributed by atoms with Crippen molar-refractivity contribution in [3.05, 3.63) is 53.6 Å². The summed E-state index contributed by atoms with van der Waals surface area (Å²) in [4.78, 5) is 30.6. The number of rotatable bonds is 5. The minimum absolute atomic E-state index is 0.0294. The largest absolute Gasteiger partial charge is 0.406 e. The van der Waals surface area contributed by atoms with Crippen LogP contribution in [0.3, 0.4) is 0 Å². The first-order valence-electron chi connectivity index (χ1n) is 10.00. The van der Waals surface area contributed by atoms with Crippen LogP contribution in [0.1, 0.15) is 22.0 Å². The van der Waals surface area contributed by atoms with Crippen LogP contribution in [0.4, 0.5) is 23.4 Å². The third-order valence-electron chi connectivity index (χ3n) is 5.48. The zero-order chi connectivity index (χ0) is 23.9. The molecule has 2 N–H and O–H groups in total. The van der Waals surface area contributed by atoms with Gasteiger partial charge in [-0.2, -0.15) is 18.3 Å². The van der Waals surface area contributed by atoms with Crippen LogP contribution in [0.2, 0.25) is 0 Å². The molecule has 1 aliphatic heterocycles. The number of halogens is 4. The van der Waals surface area contributed by atoms with E-state index in [9.17, 15) is 27.2 Å². The number of carbonyl (C=O) groups is 2. The first-order chi connectivity index (χ1) is 15.5. The summed E-state index contributed by atoms with van der Waals surface area (Å²) in [7, 11) is 1.09. The predicted octanol–water partition coefficient (Wildman–Crippen LogP) is 2.41. The number of anilines is 1. The van der Waals surface area contributed by atoms with Crippen LogP contribution in [-0.2, 0) is 11.3 Å². The average Bonchev–Trinajstić information content (AvgIpc) is 3.05. The highest BCUT2D eigenvalue weighted by atomic mass is 19.4. The summed E-state index contributed by atoms with van der Waals surface area (Å²) < 4.78 is 53.2. The number of hydrogen-bond donors (Lipinski definition) is 1. The summed E-state index contributed by atoms with van der Waals surface area (Å²) in [6.45, 7) is -1.18. The topological polar surface area (TPSA) is 97.4 Å². The van der Waals surface area contributed by atoms with Crippen molar-refractivity contribution in [2.24, 2.45) is 0 Å². The number of benzene rings is 1. The number of hydrogen-bond acceptors (Lipinski definition) is 5. The second kappa shape index (κ2) is 8.34. The molecule has 12 heteroatoms. The van der Waals surface area contributed by atoms with Gasteiger partial charge in [-0.05, 0) is 12.1 Å². The molecule has 0 unspecified atom stereocenters. The van der Waals surface area contributed by atoms with Gasteiger partial charge >= 0.3 is 6.18 Å². The molecule has 1 aliphatic rings. The summed E-state index contributed by atoms with van der Waals surface area (Å²) in [5, 5.41) is 5.21. The van der Waals surface area contributed by atoms with Gasteiger partial charge in [-0.3, -0.25) is 14.3 Å². The van der Waals surface area contributed by atoms with Crippen LogP contribution in [0.15, 0.2) is 36.5 Å². The van der Waals surface area contributed by atoms with E-state index in [1.54, 1.807) is 24.3 Å². The lowest BCUT2D eigenvalue weighted by Crippen LogP contribution is -2.49. The Bertz CT molecular complexity index is 1220. The van der Waals surface area contributed by atoms with E-state index < -0.39 is 30.4 Å². The van der Waals surface area contributed by atoms with Gasteiger partial charge in [0.05, 0.1) is 23.0 Å². The molecule has 0 atom stereocenters. The van der Waals surface area contributed by atoms with Crippen molar-refractivity contribution in [2.45, 2.75) is 18.6 Å². The molecule has 1 saturated heterocycles. The number of likely N-dealkylation sites (N-methyl/N-ethyl adjacent to an activating group) is 1. The summed E-state index contributed by atoms with van der Waals surface area (Å²) >= 11 is 0. The molecular weight excluding hydrogens is 444 g/mol. The first-order valence-corrected chi connectivity index (χ1v) is 10.00. The third-order valence-corrected chi connectivity index (χ3v) is 5.48. The van der Waals surface area contributed by atoms with Crippen LogP contribution < -0.4 is 5.73 Å². The number of carbonyl (C=O) groups excluding carboxylic acids is 2. The minimum Gasteiger partial charge on any atom is -0.384 e. The highest BCUT2D eigenvalue weighted by Gasteiger charge is 2.36. The molecule has 33 heavy (non-hydrogen) atoms. The molecule has 8 nitrogen and oxygen atoms in total. The molecule has 2 amide bonds. The van der Waals surface area contributed by atoms with Crippen molar-refractivity contribution in [3.63, 3.8) is 0 Å². The highest BCUT2D eigenvalue weighted by Crippen LogP contribution is 2.33. The Hall–Kier alpha value is -3.70. The Labute approximate surface area is 185 Å². The monoisotopic (exact) mass is 464 g/mol. The van der Waals surface area contributed by atoms with Crippen molar-refractivity contribution in [1.82, 2.24) is 24.6 Å². The van der Waals surface area contributed by atoms with Gasteiger partial charge in [-0.25, -0.2) is 9.37 Å². The number of aromatic nitrogens is 3. The standard InChI is InChI=1S/C21H20F4N6O2/c1-29(11-21(23,24)25)18(32)10-31-16-5-3-2-4-13(16)19(28-31)12-8-30(9-12)20(33)14-6-17(26)27-7-15(14)22/h2-7,12H,8-11H2,1H3,(H2,26,27). The van der Waals surface area contributed by atoms with Gasteiger partial charge in [0, 0.05) is 31.4 Å². The molecule has 0 spiro atoms. The lowest BCUT2D eigenvalue weighted by atomic mass is 9.93. The number of nitrogens with zero attached hydrogens (tertiary/aromatic N) is 5. The Morgan fingerprint density at radius 3 is 2.64 bits per heavy atom. The van der Waals surface area contributed by atoms with Crippen LogP contribution in [0.25, 0.3) is 10.9 Å². The summed E-state index contributed by atoms with van der Waals surface area (Å²) in [6, 6.07) is 8.22. The molecule has 1 fully saturated rings. The summed E-state index contributed by atoms with van der Waals surface area (Å²) in [5.41, 5.74) is 6.59. The van der Waals surface area contributed by atoms with Gasteiger partial charge in [-0.15, -0.1) is 0 Å². The van der Waals surface area contributed by atoms with Crippen LogP contribution in [-0.4, -0.2) is 69.2 Å². The quantitative estimate of drug-likeness (QED) is 0.585. The molecule has 0 saturated carbocycles. The zero-order valence-corrected chi connectivity index (χ0v) is 17.5. The maximum atomic E-state index is 14.0. The van der Waals surface area contributed by atoms with Crippen molar-refractivity contribution < 1.29 is 27.2 Å². The highest BCUT2D eigenvalue weighted by molar-refractivity contribution is 5.96. The number of alkyl halides is 3. The van der Waals surface area contributed by atoms with Crippen molar-refractivity contribution in [1.29, 1.82) is 0 Å². The van der Waals surface area contributed by atoms with Gasteiger partial charge in [-0.1, -0.05) is 18.2 Å². The van der Waals surface area contributed by atoms with E-state index in [0.29, 0.717) is 16.1 Å². The summed E-state index contributed by atoms with van der Waals surface area (Å²) in [5.74, 6) is -2.17. The second-order valence-corrected chi connectivity index (χ2v) is 7.92. The number of para-hydroxylation sites is 1. The number of amides is 2. The van der Waals surface area contributed by atoms with Gasteiger partial charge in [0.15, 0.2) is 5.82 Å². The Kier molecular flexibility index (Phi) is 5.68. The number of pyridine rings is 1. The van der Waals surface area contributed by atoms with E-state index in [1.807, 2.05) is 0 Å². The fraction of sp³-hybridized carbons (Fsp3) is 0.333. The number of nitrogen functional groups attached to an aromatic ring is 1. The van der Waals surface area contributed by atoms with Gasteiger partial charge in [0.25, 0.3) is 5.91 Å². The number of likely N-dealkylation sites (tertiary alicyclic amines) is 1. The van der Waals surface area contributed by atoms with E-state index in [2.05, 4.69) is 10.1 Å². The van der Waals surface area contributed by atoms with Gasteiger partial charge in [0.2, 0.25) is 5.91 Å². The molecule has 0 radical (unpaired) electrons. The molecule has 174 valence electrons. The van der Waals surface area contributed by atoms with Crippen LogP contribution >= 0.6 is 0 Å². The first kappa shape index (κ1) is 22.5. The van der Waals surface area contributed by atoms with E-state index in [0.717, 1.165) is 18.6 Å². The van der Waals surface area contributed by atoms with E-state index in [-0.39, 0.29) is 36.9 Å². The molecule has 1 aromatic carbocycles. The van der Waals surface area contributed by atoms with Crippen LogP contribution in [0, 0.1) is 5.82 Å². The zero-order valence-electron chi connectivity index (χ0n) is 17.5. The molecular formula is C21H20F4N6O2. The Balaban J connectivity index is 1.51. The van der Waals surface area contributed by atoms with Crippen LogP contribution in [0.5, 0.6) is 0 Å². The summed E-state index contributed by atoms with van der Waals surface area (Å²) in [6.07, 6.45) is -3.61. The molecule has 2 aromatic heterocycles. The smallest absolute Gasteiger partial charge is 0.384 e. The average molecular weight is 464 g/mol. The number of fused-ring (bicyclic) bond motifs is 1. The van der Waals surface area contributed by atoms with Crippen molar-refractivity contribution in [3.8, 4) is 0 Å². The Morgan fingerprint density at radius 2 is 1.94 bits per heavy atom. The molecule has 0 aliphatic carbocycles. The van der Waals surface area contributed by atoms with Crippen molar-refractivity contribution in [2.75, 3.05) is 32.4 Å². The fourth-order valence-corrected chi connectivity index (χ4v) is 3.79. The second-order valence-electron chi connectivity index (χ2n) is 7.92. The SMILES string of the molecule is CN(CC(F)(F)F)C(=O)Cn1nc(C2CN(C(=O)c3cc(N)ncc3F)C2)c2ccccc21. The lowest BCUT2D eigenvalue weighted by molar-refractivity contribution is -0.158. The number of nitrogens with two attached hydrogens (primary N) is 1. The molecule has 0 bridgehead atoms. The van der Waals surface area contributed by atoms with Gasteiger partial charge < -0.3 is 15.5 Å². The fourth-order valence-electron chi connectivity index (χ4n) is 3.79. The van der Waals surface area contributed by atoms with Crippen molar-refractivity contribution >= 4 is 28.5 Å². The third kappa shape index (κ3) is 4.59. The maximum Gasteiger partial charge on any atom is 0.406 e. The van der Waals surface area contributed by atoms with E-state index in [4.69, 9.17) is 5.73 Å². The predicted molar refractivity (Wildman–Crippen MR) is 111 cm³/mol. The van der Waals surface area contributed by atoms with E-state index >= 15 is 0 Å². The molecule has 3 aromatic rings. The maximum absolute atomic E-state index is 14.0. The molecule has 4 rings (SSSR count). The minimum atomic E-state index is -4.50. The van der Waals surface area contributed by atoms with E-state index in [1.165, 1.54) is 15.6 Å². The van der Waals surface area contributed by atoms with Gasteiger partial charge in [0.1, 0.15) is 18.9 Å². The molecule has 3 heterocycles. The lowest BCUT2D eigenvalue weighted by Gasteiger charge is -2.38. The Morgan fingerprint density at radius 1 is 1.24 bits per heavy atom. The normalized spacial score (nSPS) is 14.4.